The molecule has 0 radical (unpaired) electrons. The van der Waals surface area contributed by atoms with Crippen LogP contribution in [0.3, 0.4) is 0 Å². The second kappa shape index (κ2) is 13.2. The molecule has 6 rings (SSSR count). The Balaban J connectivity index is 1.36. The van der Waals surface area contributed by atoms with Crippen LogP contribution in [0.4, 0.5) is 5.69 Å². The largest absolute Gasteiger partial charge is 0.458 e. The first-order valence-corrected chi connectivity index (χ1v) is 15.8. The lowest BCUT2D eigenvalue weighted by atomic mass is 10.0. The molecule has 2 aromatic carbocycles. The lowest BCUT2D eigenvalue weighted by molar-refractivity contribution is -0.158. The lowest BCUT2D eigenvalue weighted by Gasteiger charge is -2.28. The maximum absolute atomic E-state index is 13.3. The average Bonchev–Trinajstić information content (AvgIpc) is 3.44. The average molecular weight is 631 g/mol. The molecule has 1 aliphatic rings. The van der Waals surface area contributed by atoms with Crippen molar-refractivity contribution in [2.45, 2.75) is 46.3 Å². The van der Waals surface area contributed by atoms with Crippen LogP contribution in [-0.4, -0.2) is 69.4 Å². The second-order valence-corrected chi connectivity index (χ2v) is 12.8. The number of hydrogen-bond acceptors (Lipinski definition) is 8. The van der Waals surface area contributed by atoms with Crippen LogP contribution < -0.4 is 10.2 Å². The fourth-order valence-electron chi connectivity index (χ4n) is 5.46. The fourth-order valence-corrected chi connectivity index (χ4v) is 5.46. The number of hydrogen-bond donors (Lipinski definition) is 1. The number of carbonyl (C=O) groups excluding carboxylic acids is 2. The minimum absolute atomic E-state index is 0.156. The quantitative estimate of drug-likeness (QED) is 0.199. The summed E-state index contributed by atoms with van der Waals surface area (Å²) in [5, 5.41) is 8.58. The Labute approximate surface area is 274 Å². The second-order valence-electron chi connectivity index (χ2n) is 12.8. The number of ether oxygens (including phenoxy) is 2. The third-order valence-corrected chi connectivity index (χ3v) is 7.79. The van der Waals surface area contributed by atoms with Gasteiger partial charge in [-0.1, -0.05) is 50.2 Å². The summed E-state index contributed by atoms with van der Waals surface area (Å²) in [6.45, 7) is 11.9. The maximum atomic E-state index is 13.3. The Morgan fingerprint density at radius 3 is 2.40 bits per heavy atom. The van der Waals surface area contributed by atoms with E-state index in [4.69, 9.17) is 19.4 Å². The number of pyridine rings is 1. The minimum atomic E-state index is -0.784. The zero-order valence-corrected chi connectivity index (χ0v) is 27.3. The predicted molar refractivity (Wildman–Crippen MR) is 181 cm³/mol. The van der Waals surface area contributed by atoms with Crippen molar-refractivity contribution in [1.29, 1.82) is 0 Å². The summed E-state index contributed by atoms with van der Waals surface area (Å²) in [6, 6.07) is 20.1. The van der Waals surface area contributed by atoms with Gasteiger partial charge in [-0.25, -0.2) is 19.3 Å². The van der Waals surface area contributed by atoms with E-state index < -0.39 is 17.6 Å². The van der Waals surface area contributed by atoms with Crippen molar-refractivity contribution in [2.75, 3.05) is 31.2 Å². The van der Waals surface area contributed by atoms with Crippen molar-refractivity contribution in [3.05, 3.63) is 89.9 Å². The molecule has 0 saturated carbocycles. The number of amides is 1. The molecule has 10 heteroatoms. The summed E-state index contributed by atoms with van der Waals surface area (Å²) < 4.78 is 12.9. The summed E-state index contributed by atoms with van der Waals surface area (Å²) in [5.41, 5.74) is 4.88. The molecule has 10 nitrogen and oxygen atoms in total. The molecule has 0 unspecified atom stereocenters. The highest BCUT2D eigenvalue weighted by Crippen LogP contribution is 2.30. The van der Waals surface area contributed by atoms with Crippen molar-refractivity contribution in [2.24, 2.45) is 5.92 Å². The van der Waals surface area contributed by atoms with Crippen LogP contribution in [0, 0.1) is 17.8 Å². The number of morpholine rings is 1. The summed E-state index contributed by atoms with van der Waals surface area (Å²) in [7, 11) is 0. The number of nitrogens with one attached hydrogen (secondary N) is 1. The molecular formula is C37H38N6O4. The van der Waals surface area contributed by atoms with E-state index in [2.05, 4.69) is 27.2 Å². The topological polar surface area (TPSA) is 111 Å². The number of fused-ring (bicyclic) bond motifs is 2. The first-order chi connectivity index (χ1) is 22.6. The molecule has 1 aliphatic heterocycles. The van der Waals surface area contributed by atoms with E-state index >= 15 is 0 Å². The highest BCUT2D eigenvalue weighted by molar-refractivity contribution is 5.97. The van der Waals surface area contributed by atoms with Crippen LogP contribution in [0.1, 0.15) is 56.4 Å². The molecule has 47 heavy (non-hydrogen) atoms. The third-order valence-electron chi connectivity index (χ3n) is 7.79. The van der Waals surface area contributed by atoms with Gasteiger partial charge < -0.3 is 19.7 Å². The predicted octanol–water partition coefficient (Wildman–Crippen LogP) is 5.28. The van der Waals surface area contributed by atoms with Gasteiger partial charge in [0.1, 0.15) is 28.7 Å². The van der Waals surface area contributed by atoms with Gasteiger partial charge >= 0.3 is 5.97 Å². The van der Waals surface area contributed by atoms with Crippen molar-refractivity contribution < 1.29 is 19.1 Å². The van der Waals surface area contributed by atoms with Gasteiger partial charge in [0.2, 0.25) is 0 Å². The number of carbonyl (C=O) groups is 2. The number of para-hydroxylation sites is 1. The van der Waals surface area contributed by atoms with Crippen molar-refractivity contribution >= 4 is 34.1 Å². The third kappa shape index (κ3) is 7.11. The monoisotopic (exact) mass is 630 g/mol. The summed E-state index contributed by atoms with van der Waals surface area (Å²) >= 11 is 0. The Kier molecular flexibility index (Phi) is 8.92. The molecule has 0 aliphatic carbocycles. The van der Waals surface area contributed by atoms with Crippen LogP contribution in [-0.2, 0) is 14.3 Å². The molecule has 0 spiro atoms. The lowest BCUT2D eigenvalue weighted by Crippen LogP contribution is -2.47. The Bertz CT molecular complexity index is 1990. The molecule has 1 amide bonds. The molecule has 1 fully saturated rings. The first-order valence-electron chi connectivity index (χ1n) is 15.8. The number of anilines is 1. The van der Waals surface area contributed by atoms with E-state index in [1.807, 2.05) is 68.4 Å². The van der Waals surface area contributed by atoms with Gasteiger partial charge in [-0.2, -0.15) is 5.10 Å². The molecule has 0 bridgehead atoms. The number of nitrogens with zero attached hydrogens (tertiary/aromatic N) is 5. The molecule has 3 aromatic heterocycles. The molecule has 4 heterocycles. The van der Waals surface area contributed by atoms with Gasteiger partial charge in [-0.05, 0) is 68.9 Å². The van der Waals surface area contributed by atoms with E-state index in [0.717, 1.165) is 35.2 Å². The number of esters is 1. The standard InChI is InChI=1S/C37H38N6O4/c1-24(2)32(36(45)47-37(3,4)5)41-35(44)27-12-10-26(11-13-27)33-30(17-16-28-15-14-25-8-6-7-9-29(25)39-28)40-34-31(18-19-38-43(33)34)42-20-22-46-23-21-42/h6-15,18-19,24,32H,20-23H2,1-5H3,(H,41,44)/t32-/m0/s1. The van der Waals surface area contributed by atoms with E-state index in [1.54, 1.807) is 43.6 Å². The zero-order chi connectivity index (χ0) is 33.1. The van der Waals surface area contributed by atoms with Gasteiger partial charge in [-0.15, -0.1) is 0 Å². The van der Waals surface area contributed by atoms with E-state index in [0.29, 0.717) is 41.5 Å². The number of rotatable bonds is 6. The molecule has 240 valence electrons. The molecule has 1 N–H and O–H groups in total. The normalized spacial score (nSPS) is 14.1. The fraction of sp³-hybridized carbons (Fsp3) is 0.324. The molecule has 5 aromatic rings. The van der Waals surface area contributed by atoms with Crippen LogP contribution in [0.5, 0.6) is 0 Å². The minimum Gasteiger partial charge on any atom is -0.458 e. The zero-order valence-electron chi connectivity index (χ0n) is 27.3. The Hall–Kier alpha value is -5.27. The molecular weight excluding hydrogens is 592 g/mol. The summed E-state index contributed by atoms with van der Waals surface area (Å²) in [5.74, 6) is 5.48. The van der Waals surface area contributed by atoms with Gasteiger partial charge in [0.25, 0.3) is 5.91 Å². The SMILES string of the molecule is CC(C)[C@H](NC(=O)c1ccc(-c2c(C#Cc3ccc4ccccc4n3)nc3c(N4CCOCC4)ccnn23)cc1)C(=O)OC(C)(C)C. The number of benzene rings is 2. The van der Waals surface area contributed by atoms with Crippen LogP contribution >= 0.6 is 0 Å². The Morgan fingerprint density at radius 1 is 0.936 bits per heavy atom. The van der Waals surface area contributed by atoms with Crippen LogP contribution in [0.2, 0.25) is 0 Å². The smallest absolute Gasteiger partial charge is 0.329 e. The van der Waals surface area contributed by atoms with Crippen molar-refractivity contribution in [1.82, 2.24) is 24.9 Å². The molecule has 1 saturated heterocycles. The molecule has 1 atom stereocenters. The Morgan fingerprint density at radius 2 is 1.68 bits per heavy atom. The van der Waals surface area contributed by atoms with Gasteiger partial charge in [0.15, 0.2) is 5.65 Å². The van der Waals surface area contributed by atoms with Crippen molar-refractivity contribution in [3.63, 3.8) is 0 Å². The van der Waals surface area contributed by atoms with Gasteiger partial charge in [0.05, 0.1) is 30.6 Å². The van der Waals surface area contributed by atoms with Crippen LogP contribution in [0.25, 0.3) is 27.8 Å². The summed E-state index contributed by atoms with van der Waals surface area (Å²) in [6.07, 6.45) is 1.76. The maximum Gasteiger partial charge on any atom is 0.329 e. The number of aromatic nitrogens is 4. The summed E-state index contributed by atoms with van der Waals surface area (Å²) in [4.78, 5) is 38.1. The van der Waals surface area contributed by atoms with E-state index in [-0.39, 0.29) is 11.8 Å². The van der Waals surface area contributed by atoms with E-state index in [9.17, 15) is 9.59 Å². The van der Waals surface area contributed by atoms with E-state index in [1.165, 1.54) is 0 Å². The van der Waals surface area contributed by atoms with Gasteiger partial charge in [-0.3, -0.25) is 4.79 Å². The highest BCUT2D eigenvalue weighted by atomic mass is 16.6. The van der Waals surface area contributed by atoms with Gasteiger partial charge in [0, 0.05) is 29.6 Å². The highest BCUT2D eigenvalue weighted by Gasteiger charge is 2.29. The van der Waals surface area contributed by atoms with Crippen LogP contribution in [0.15, 0.2) is 72.9 Å². The first kappa shape index (κ1) is 31.7. The number of imidazole rings is 1. The van der Waals surface area contributed by atoms with Crippen molar-refractivity contribution in [3.8, 4) is 23.1 Å².